The minimum Gasteiger partial charge on any atom is -0.339 e. The van der Waals surface area contributed by atoms with Crippen molar-refractivity contribution in [3.05, 3.63) is 102 Å². The van der Waals surface area contributed by atoms with E-state index in [0.29, 0.717) is 18.0 Å². The first-order valence-corrected chi connectivity index (χ1v) is 11.2. The smallest absolute Gasteiger partial charge is 0.255 e. The standard InChI is InChI=1S/C28H27N3O.2ClH/c29-18-20-5-4-8-23(15-20)22-11-13-31(14-12-22)28(32)26-17-25-16-24(9-10-27(25)30-19-26)21-6-2-1-3-7-21;;/h1-10,15-17,19,22H,11-14,18,29H2;2*1H. The Morgan fingerprint density at radius 3 is 2.38 bits per heavy atom. The number of fused-ring (bicyclic) bond motifs is 1. The number of nitrogens with two attached hydrogens (primary N) is 1. The zero-order chi connectivity index (χ0) is 21.9. The summed E-state index contributed by atoms with van der Waals surface area (Å²) in [6, 6.07) is 27.0. The van der Waals surface area contributed by atoms with Gasteiger partial charge in [-0.15, -0.1) is 24.8 Å². The molecule has 34 heavy (non-hydrogen) atoms. The van der Waals surface area contributed by atoms with Gasteiger partial charge in [-0.3, -0.25) is 9.78 Å². The van der Waals surface area contributed by atoms with Crippen molar-refractivity contribution in [2.45, 2.75) is 25.3 Å². The van der Waals surface area contributed by atoms with Crippen LogP contribution in [0.5, 0.6) is 0 Å². The van der Waals surface area contributed by atoms with E-state index in [1.54, 1.807) is 6.20 Å². The molecule has 0 unspecified atom stereocenters. The summed E-state index contributed by atoms with van der Waals surface area (Å²) in [7, 11) is 0. The van der Waals surface area contributed by atoms with E-state index < -0.39 is 0 Å². The van der Waals surface area contributed by atoms with Gasteiger partial charge < -0.3 is 10.6 Å². The fourth-order valence-corrected chi connectivity index (χ4v) is 4.63. The summed E-state index contributed by atoms with van der Waals surface area (Å²) in [4.78, 5) is 19.7. The Balaban J connectivity index is 0.00000162. The van der Waals surface area contributed by atoms with E-state index in [9.17, 15) is 4.79 Å². The molecule has 1 aliphatic heterocycles. The molecule has 176 valence electrons. The molecule has 0 saturated carbocycles. The quantitative estimate of drug-likeness (QED) is 0.366. The minimum atomic E-state index is 0. The molecule has 1 aromatic heterocycles. The first-order chi connectivity index (χ1) is 15.7. The zero-order valence-electron chi connectivity index (χ0n) is 18.9. The SMILES string of the molecule is Cl.Cl.NCc1cccc(C2CCN(C(=O)c3cnc4ccc(-c5ccccc5)cc4c3)CC2)c1. The van der Waals surface area contributed by atoms with Crippen LogP contribution in [0.25, 0.3) is 22.0 Å². The second kappa shape index (κ2) is 11.5. The van der Waals surface area contributed by atoms with Crippen LogP contribution in [0.2, 0.25) is 0 Å². The number of piperidine rings is 1. The second-order valence-electron chi connectivity index (χ2n) is 8.51. The average molecular weight is 494 g/mol. The first kappa shape index (κ1) is 25.7. The Morgan fingerprint density at radius 1 is 0.882 bits per heavy atom. The molecular formula is C28H29Cl2N3O. The van der Waals surface area contributed by atoms with Gasteiger partial charge in [0.1, 0.15) is 0 Å². The summed E-state index contributed by atoms with van der Waals surface area (Å²) in [5.74, 6) is 0.549. The van der Waals surface area contributed by atoms with Gasteiger partial charge in [-0.1, -0.05) is 60.7 Å². The number of hydrogen-bond acceptors (Lipinski definition) is 3. The van der Waals surface area contributed by atoms with Gasteiger partial charge >= 0.3 is 0 Å². The lowest BCUT2D eigenvalue weighted by Gasteiger charge is -2.32. The minimum absolute atomic E-state index is 0. The van der Waals surface area contributed by atoms with Crippen molar-refractivity contribution in [2.75, 3.05) is 13.1 Å². The molecule has 0 bridgehead atoms. The number of halogens is 2. The molecule has 0 atom stereocenters. The zero-order valence-corrected chi connectivity index (χ0v) is 20.5. The van der Waals surface area contributed by atoms with Crippen LogP contribution < -0.4 is 5.73 Å². The highest BCUT2D eigenvalue weighted by Crippen LogP contribution is 2.30. The number of pyridine rings is 1. The van der Waals surface area contributed by atoms with Gasteiger partial charge in [0.05, 0.1) is 11.1 Å². The van der Waals surface area contributed by atoms with E-state index in [2.05, 4.69) is 53.5 Å². The predicted molar refractivity (Wildman–Crippen MR) is 144 cm³/mol. The van der Waals surface area contributed by atoms with Crippen LogP contribution in [0.4, 0.5) is 0 Å². The number of carbonyl (C=O) groups is 1. The summed E-state index contributed by atoms with van der Waals surface area (Å²) in [5.41, 5.74) is 12.1. The number of benzene rings is 3. The lowest BCUT2D eigenvalue weighted by atomic mass is 9.88. The number of rotatable bonds is 4. The number of amides is 1. The van der Waals surface area contributed by atoms with Gasteiger partial charge in [-0.05, 0) is 59.2 Å². The van der Waals surface area contributed by atoms with Crippen molar-refractivity contribution in [3.8, 4) is 11.1 Å². The Morgan fingerprint density at radius 2 is 1.65 bits per heavy atom. The molecule has 4 nitrogen and oxygen atoms in total. The fraction of sp³-hybridized carbons (Fsp3) is 0.214. The van der Waals surface area contributed by atoms with Crippen LogP contribution in [-0.4, -0.2) is 28.9 Å². The largest absolute Gasteiger partial charge is 0.339 e. The molecule has 5 rings (SSSR count). The lowest BCUT2D eigenvalue weighted by molar-refractivity contribution is 0.0712. The van der Waals surface area contributed by atoms with E-state index >= 15 is 0 Å². The van der Waals surface area contributed by atoms with Gasteiger partial charge in [0.2, 0.25) is 0 Å². The number of aromatic nitrogens is 1. The number of nitrogens with zero attached hydrogens (tertiary/aromatic N) is 2. The Bertz CT molecular complexity index is 1250. The third kappa shape index (κ3) is 5.41. The van der Waals surface area contributed by atoms with Gasteiger partial charge in [0.15, 0.2) is 0 Å². The molecule has 1 saturated heterocycles. The lowest BCUT2D eigenvalue weighted by Crippen LogP contribution is -2.38. The molecule has 0 radical (unpaired) electrons. The molecule has 1 amide bonds. The van der Waals surface area contributed by atoms with Crippen LogP contribution in [0.15, 0.2) is 85.1 Å². The monoisotopic (exact) mass is 493 g/mol. The van der Waals surface area contributed by atoms with Crippen molar-refractivity contribution in [3.63, 3.8) is 0 Å². The maximum Gasteiger partial charge on any atom is 0.255 e. The summed E-state index contributed by atoms with van der Waals surface area (Å²) >= 11 is 0. The van der Waals surface area contributed by atoms with E-state index in [1.807, 2.05) is 35.2 Å². The van der Waals surface area contributed by atoms with Crippen molar-refractivity contribution in [2.24, 2.45) is 5.73 Å². The van der Waals surface area contributed by atoms with Crippen LogP contribution in [0.3, 0.4) is 0 Å². The van der Waals surface area contributed by atoms with Crippen molar-refractivity contribution >= 4 is 41.6 Å². The molecule has 0 aliphatic carbocycles. The molecular weight excluding hydrogens is 465 g/mol. The van der Waals surface area contributed by atoms with E-state index in [0.717, 1.165) is 53.5 Å². The molecule has 2 heterocycles. The molecule has 0 spiro atoms. The number of hydrogen-bond donors (Lipinski definition) is 1. The molecule has 1 fully saturated rings. The van der Waals surface area contributed by atoms with Gasteiger partial charge in [-0.2, -0.15) is 0 Å². The van der Waals surface area contributed by atoms with E-state index in [1.165, 1.54) is 5.56 Å². The first-order valence-electron chi connectivity index (χ1n) is 11.2. The highest BCUT2D eigenvalue weighted by Gasteiger charge is 2.25. The van der Waals surface area contributed by atoms with Gasteiger partial charge in [0, 0.05) is 31.2 Å². The van der Waals surface area contributed by atoms with Crippen molar-refractivity contribution in [1.29, 1.82) is 0 Å². The summed E-state index contributed by atoms with van der Waals surface area (Å²) in [5, 5.41) is 0.991. The summed E-state index contributed by atoms with van der Waals surface area (Å²) in [6.07, 6.45) is 3.65. The molecule has 1 aliphatic rings. The Hall–Kier alpha value is -2.92. The maximum atomic E-state index is 13.2. The predicted octanol–water partition coefficient (Wildman–Crippen LogP) is 6.22. The van der Waals surface area contributed by atoms with Crippen LogP contribution in [0.1, 0.15) is 40.2 Å². The van der Waals surface area contributed by atoms with Crippen molar-refractivity contribution in [1.82, 2.24) is 9.88 Å². The van der Waals surface area contributed by atoms with Crippen LogP contribution in [-0.2, 0) is 6.54 Å². The highest BCUT2D eigenvalue weighted by atomic mass is 35.5. The maximum absolute atomic E-state index is 13.2. The van der Waals surface area contributed by atoms with Gasteiger partial charge in [0.25, 0.3) is 5.91 Å². The number of carbonyl (C=O) groups excluding carboxylic acids is 1. The van der Waals surface area contributed by atoms with E-state index in [-0.39, 0.29) is 30.7 Å². The summed E-state index contributed by atoms with van der Waals surface area (Å²) < 4.78 is 0. The van der Waals surface area contributed by atoms with Crippen LogP contribution in [0, 0.1) is 0 Å². The topological polar surface area (TPSA) is 59.2 Å². The Labute approximate surface area is 213 Å². The molecule has 6 heteroatoms. The summed E-state index contributed by atoms with van der Waals surface area (Å²) in [6.45, 7) is 2.09. The number of likely N-dealkylation sites (tertiary alicyclic amines) is 1. The highest BCUT2D eigenvalue weighted by molar-refractivity contribution is 5.98. The molecule has 3 aromatic carbocycles. The molecule has 2 N–H and O–H groups in total. The fourth-order valence-electron chi connectivity index (χ4n) is 4.63. The van der Waals surface area contributed by atoms with Crippen molar-refractivity contribution < 1.29 is 4.79 Å². The molecule has 4 aromatic rings. The van der Waals surface area contributed by atoms with Crippen LogP contribution >= 0.6 is 24.8 Å². The second-order valence-corrected chi connectivity index (χ2v) is 8.51. The average Bonchev–Trinajstić information content (AvgIpc) is 2.88. The third-order valence-corrected chi connectivity index (χ3v) is 6.48. The van der Waals surface area contributed by atoms with Gasteiger partial charge in [-0.25, -0.2) is 0 Å². The Kier molecular flexibility index (Phi) is 8.67. The normalized spacial score (nSPS) is 13.7. The third-order valence-electron chi connectivity index (χ3n) is 6.48. The van der Waals surface area contributed by atoms with E-state index in [4.69, 9.17) is 5.73 Å².